The van der Waals surface area contributed by atoms with E-state index in [1.54, 1.807) is 4.68 Å². The van der Waals surface area contributed by atoms with E-state index in [1.165, 1.54) is 0 Å². The highest BCUT2D eigenvalue weighted by Crippen LogP contribution is 2.15. The number of nitrogens with zero attached hydrogens (tertiary/aromatic N) is 2. The van der Waals surface area contributed by atoms with Gasteiger partial charge in [0.2, 0.25) is 0 Å². The molecule has 0 aliphatic heterocycles. The number of aromatic nitrogens is 2. The quantitative estimate of drug-likeness (QED) is 0.630. The number of carbonyl (C=O) groups is 1. The summed E-state index contributed by atoms with van der Waals surface area (Å²) >= 11 is 0. The van der Waals surface area contributed by atoms with E-state index in [2.05, 4.69) is 30.1 Å². The number of benzene rings is 1. The van der Waals surface area contributed by atoms with Crippen LogP contribution in [0.3, 0.4) is 0 Å². The number of amides is 1. The summed E-state index contributed by atoms with van der Waals surface area (Å²) in [5.74, 6) is -0.0645. The maximum Gasteiger partial charge on any atom is 0.251 e. The van der Waals surface area contributed by atoms with Crippen molar-refractivity contribution in [3.8, 4) is 0 Å². The summed E-state index contributed by atoms with van der Waals surface area (Å²) in [4.78, 5) is 11.8. The Morgan fingerprint density at radius 1 is 1.36 bits per heavy atom. The van der Waals surface area contributed by atoms with Gasteiger partial charge < -0.3 is 10.1 Å². The minimum Gasteiger partial charge on any atom is -0.360 e. The van der Waals surface area contributed by atoms with E-state index in [1.807, 2.05) is 31.3 Å². The van der Waals surface area contributed by atoms with E-state index >= 15 is 0 Å². The van der Waals surface area contributed by atoms with E-state index in [4.69, 9.17) is 4.74 Å². The van der Waals surface area contributed by atoms with E-state index < -0.39 is 8.07 Å². The number of hydrogen-bond donors (Lipinski definition) is 1. The molecule has 1 aromatic carbocycles. The van der Waals surface area contributed by atoms with Crippen LogP contribution in [0.1, 0.15) is 17.3 Å². The molecule has 6 heteroatoms. The highest BCUT2D eigenvalue weighted by molar-refractivity contribution is 6.76. The molecular weight excluding hydrogens is 294 g/mol. The van der Waals surface area contributed by atoms with Crippen LogP contribution in [0.2, 0.25) is 25.7 Å². The molecule has 5 nitrogen and oxygen atoms in total. The number of hydrogen-bond acceptors (Lipinski definition) is 3. The molecule has 1 N–H and O–H groups in total. The first-order valence-corrected chi connectivity index (χ1v) is 11.4. The summed E-state index contributed by atoms with van der Waals surface area (Å²) in [5.41, 5.74) is 1.46. The van der Waals surface area contributed by atoms with Crippen molar-refractivity contribution in [3.63, 3.8) is 0 Å². The van der Waals surface area contributed by atoms with Gasteiger partial charge in [-0.3, -0.25) is 4.79 Å². The van der Waals surface area contributed by atoms with Gasteiger partial charge in [0.1, 0.15) is 6.73 Å². The number of nitrogens with one attached hydrogen (secondary N) is 1. The molecule has 0 atom stereocenters. The van der Waals surface area contributed by atoms with Gasteiger partial charge in [0.25, 0.3) is 5.91 Å². The minimum absolute atomic E-state index is 0.0645. The summed E-state index contributed by atoms with van der Waals surface area (Å²) in [6.45, 7) is 10.8. The molecule has 120 valence electrons. The van der Waals surface area contributed by atoms with Crippen LogP contribution in [0.4, 0.5) is 0 Å². The summed E-state index contributed by atoms with van der Waals surface area (Å²) in [6.07, 6.45) is 1.95. The second-order valence-electron chi connectivity index (χ2n) is 6.65. The second-order valence-corrected chi connectivity index (χ2v) is 12.3. The van der Waals surface area contributed by atoms with Gasteiger partial charge in [0.15, 0.2) is 0 Å². The van der Waals surface area contributed by atoms with Crippen molar-refractivity contribution in [2.24, 2.45) is 0 Å². The Morgan fingerprint density at radius 2 is 2.14 bits per heavy atom. The molecule has 1 amide bonds. The first-order valence-electron chi connectivity index (χ1n) is 7.72. The van der Waals surface area contributed by atoms with Crippen LogP contribution in [0.15, 0.2) is 24.4 Å². The SMILES string of the molecule is CCNC(=O)c1ccc2cn(COCC[Si](C)(C)C)nc2c1. The third-order valence-corrected chi connectivity index (χ3v) is 5.08. The summed E-state index contributed by atoms with van der Waals surface area (Å²) in [5, 5.41) is 8.28. The predicted octanol–water partition coefficient (Wildman–Crippen LogP) is 3.10. The Hall–Kier alpha value is -1.66. The molecule has 0 unspecified atom stereocenters. The van der Waals surface area contributed by atoms with Gasteiger partial charge in [-0.05, 0) is 25.1 Å². The van der Waals surface area contributed by atoms with Crippen molar-refractivity contribution in [1.82, 2.24) is 15.1 Å². The van der Waals surface area contributed by atoms with E-state index in [0.717, 1.165) is 23.6 Å². The normalized spacial score (nSPS) is 11.8. The van der Waals surface area contributed by atoms with Gasteiger partial charge in [0, 0.05) is 38.4 Å². The van der Waals surface area contributed by atoms with Crippen molar-refractivity contribution < 1.29 is 9.53 Å². The molecule has 1 aromatic heterocycles. The van der Waals surface area contributed by atoms with Gasteiger partial charge in [-0.15, -0.1) is 0 Å². The average molecular weight is 319 g/mol. The Labute approximate surface area is 132 Å². The average Bonchev–Trinajstić information content (AvgIpc) is 2.84. The molecule has 22 heavy (non-hydrogen) atoms. The highest BCUT2D eigenvalue weighted by atomic mass is 28.3. The zero-order valence-electron chi connectivity index (χ0n) is 13.8. The smallest absolute Gasteiger partial charge is 0.251 e. The van der Waals surface area contributed by atoms with Crippen LogP contribution in [-0.4, -0.2) is 36.9 Å². The van der Waals surface area contributed by atoms with Gasteiger partial charge >= 0.3 is 0 Å². The second kappa shape index (κ2) is 7.06. The van der Waals surface area contributed by atoms with E-state index in [9.17, 15) is 4.79 Å². The first-order chi connectivity index (χ1) is 10.4. The molecule has 0 bridgehead atoms. The maximum absolute atomic E-state index is 11.8. The minimum atomic E-state index is -1.05. The van der Waals surface area contributed by atoms with Crippen molar-refractivity contribution >= 4 is 24.9 Å². The molecule has 0 aliphatic rings. The Morgan fingerprint density at radius 3 is 2.82 bits per heavy atom. The third-order valence-electron chi connectivity index (χ3n) is 3.37. The van der Waals surface area contributed by atoms with E-state index in [-0.39, 0.29) is 5.91 Å². The molecule has 2 rings (SSSR count). The number of rotatable bonds is 7. The zero-order valence-corrected chi connectivity index (χ0v) is 14.8. The summed E-state index contributed by atoms with van der Waals surface area (Å²) in [7, 11) is -1.05. The lowest BCUT2D eigenvalue weighted by molar-refractivity contribution is 0.0791. The first kappa shape index (κ1) is 16.7. The van der Waals surface area contributed by atoms with Crippen LogP contribution in [0.25, 0.3) is 10.9 Å². The lowest BCUT2D eigenvalue weighted by Gasteiger charge is -2.15. The van der Waals surface area contributed by atoms with Gasteiger partial charge in [-0.1, -0.05) is 25.7 Å². The number of fused-ring (bicyclic) bond motifs is 1. The Bertz CT molecular complexity index is 646. The lowest BCUT2D eigenvalue weighted by Crippen LogP contribution is -2.22. The fraction of sp³-hybridized carbons (Fsp3) is 0.500. The van der Waals surface area contributed by atoms with Crippen molar-refractivity contribution in [2.45, 2.75) is 39.3 Å². The predicted molar refractivity (Wildman–Crippen MR) is 91.8 cm³/mol. The molecule has 0 spiro atoms. The van der Waals surface area contributed by atoms with Gasteiger partial charge in [-0.2, -0.15) is 5.10 Å². The summed E-state index contributed by atoms with van der Waals surface area (Å²) in [6, 6.07) is 6.71. The summed E-state index contributed by atoms with van der Waals surface area (Å²) < 4.78 is 7.49. The highest BCUT2D eigenvalue weighted by Gasteiger charge is 2.12. The fourth-order valence-electron chi connectivity index (χ4n) is 2.07. The molecule has 2 aromatic rings. The molecular formula is C16H25N3O2Si. The molecule has 0 aliphatic carbocycles. The molecule has 0 radical (unpaired) electrons. The number of carbonyl (C=O) groups excluding carboxylic acids is 1. The van der Waals surface area contributed by atoms with Crippen molar-refractivity contribution in [2.75, 3.05) is 13.2 Å². The Balaban J connectivity index is 1.99. The zero-order chi connectivity index (χ0) is 16.2. The molecule has 1 heterocycles. The lowest BCUT2D eigenvalue weighted by atomic mass is 10.1. The number of ether oxygens (including phenoxy) is 1. The van der Waals surface area contributed by atoms with Crippen LogP contribution >= 0.6 is 0 Å². The van der Waals surface area contributed by atoms with Crippen LogP contribution in [0, 0.1) is 0 Å². The monoisotopic (exact) mass is 319 g/mol. The van der Waals surface area contributed by atoms with Crippen LogP contribution < -0.4 is 5.32 Å². The maximum atomic E-state index is 11.8. The third kappa shape index (κ3) is 4.67. The van der Waals surface area contributed by atoms with Crippen molar-refractivity contribution in [1.29, 1.82) is 0 Å². The largest absolute Gasteiger partial charge is 0.360 e. The van der Waals surface area contributed by atoms with Crippen LogP contribution in [0.5, 0.6) is 0 Å². The molecule has 0 saturated heterocycles. The van der Waals surface area contributed by atoms with Gasteiger partial charge in [-0.25, -0.2) is 4.68 Å². The van der Waals surface area contributed by atoms with E-state index in [0.29, 0.717) is 18.8 Å². The Kier molecular flexibility index (Phi) is 5.36. The standard InChI is InChI=1S/C16H25N3O2Si/c1-5-17-16(20)13-6-7-14-11-19(18-15(14)10-13)12-21-8-9-22(2,3)4/h6-7,10-11H,5,8-9,12H2,1-4H3,(H,17,20). The molecule has 0 saturated carbocycles. The van der Waals surface area contributed by atoms with Gasteiger partial charge in [0.05, 0.1) is 5.52 Å². The van der Waals surface area contributed by atoms with Crippen LogP contribution in [-0.2, 0) is 11.5 Å². The fourth-order valence-corrected chi connectivity index (χ4v) is 2.83. The van der Waals surface area contributed by atoms with Crippen molar-refractivity contribution in [3.05, 3.63) is 30.0 Å². The topological polar surface area (TPSA) is 56.2 Å². The molecule has 0 fully saturated rings.